The summed E-state index contributed by atoms with van der Waals surface area (Å²) in [5.74, 6) is -0.159. The van der Waals surface area contributed by atoms with Crippen LogP contribution in [0.3, 0.4) is 0 Å². The summed E-state index contributed by atoms with van der Waals surface area (Å²) >= 11 is 0. The zero-order valence-corrected chi connectivity index (χ0v) is 12.9. The first-order valence-electron chi connectivity index (χ1n) is 7.33. The van der Waals surface area contributed by atoms with Gasteiger partial charge in [-0.1, -0.05) is 30.3 Å². The first kappa shape index (κ1) is 16.1. The molecule has 0 saturated carbocycles. The average molecular weight is 335 g/mol. The highest BCUT2D eigenvalue weighted by atomic mass is 16.6. The molecular formula is C18H13N3O4. The van der Waals surface area contributed by atoms with Gasteiger partial charge in [0, 0.05) is 23.3 Å². The molecule has 0 saturated heterocycles. The van der Waals surface area contributed by atoms with Gasteiger partial charge < -0.3 is 10.2 Å². The summed E-state index contributed by atoms with van der Waals surface area (Å²) in [7, 11) is 0. The van der Waals surface area contributed by atoms with Crippen LogP contribution >= 0.6 is 0 Å². The van der Waals surface area contributed by atoms with Crippen LogP contribution < -0.4 is 0 Å². The Morgan fingerprint density at radius 1 is 0.800 bits per heavy atom. The van der Waals surface area contributed by atoms with Crippen molar-refractivity contribution in [1.82, 2.24) is 0 Å². The van der Waals surface area contributed by atoms with Gasteiger partial charge >= 0.3 is 0 Å². The molecule has 7 heteroatoms. The first-order valence-corrected chi connectivity index (χ1v) is 7.33. The molecule has 0 spiro atoms. The van der Waals surface area contributed by atoms with E-state index in [2.05, 4.69) is 10.2 Å². The van der Waals surface area contributed by atoms with Crippen LogP contribution in [0, 0.1) is 10.1 Å². The Kier molecular flexibility index (Phi) is 4.38. The van der Waals surface area contributed by atoms with E-state index >= 15 is 0 Å². The van der Waals surface area contributed by atoms with Crippen LogP contribution in [0.15, 0.2) is 77.0 Å². The standard InChI is InChI=1S/C18H13N3O4/c22-12-9-10-14(18(23)11-12)13-5-1-2-6-15(13)19-20-16-7-3-4-8-17(16)21(24)25/h1-11,22-23H. The molecule has 2 N–H and O–H groups in total. The molecule has 3 aromatic carbocycles. The van der Waals surface area contributed by atoms with E-state index in [1.165, 1.54) is 24.3 Å². The molecule has 0 unspecified atom stereocenters. The lowest BCUT2D eigenvalue weighted by Crippen LogP contribution is -1.87. The number of phenols is 2. The van der Waals surface area contributed by atoms with E-state index < -0.39 is 4.92 Å². The van der Waals surface area contributed by atoms with Crippen LogP contribution in [-0.2, 0) is 0 Å². The van der Waals surface area contributed by atoms with E-state index in [0.717, 1.165) is 0 Å². The van der Waals surface area contributed by atoms with Crippen LogP contribution in [0.5, 0.6) is 11.5 Å². The number of hydrogen-bond donors (Lipinski definition) is 2. The molecule has 3 aromatic rings. The SMILES string of the molecule is O=[N+]([O-])c1ccccc1N=Nc1ccccc1-c1ccc(O)cc1O. The molecule has 124 valence electrons. The summed E-state index contributed by atoms with van der Waals surface area (Å²) in [5.41, 5.74) is 1.48. The lowest BCUT2D eigenvalue weighted by Gasteiger charge is -2.07. The normalized spacial score (nSPS) is 10.9. The monoisotopic (exact) mass is 335 g/mol. The first-order chi connectivity index (χ1) is 12.1. The molecule has 3 rings (SSSR count). The second-order valence-corrected chi connectivity index (χ2v) is 5.16. The van der Waals surface area contributed by atoms with Crippen molar-refractivity contribution in [2.45, 2.75) is 0 Å². The molecular weight excluding hydrogens is 322 g/mol. The van der Waals surface area contributed by atoms with Crippen molar-refractivity contribution in [2.24, 2.45) is 10.2 Å². The van der Waals surface area contributed by atoms with Crippen LogP contribution in [0.25, 0.3) is 11.1 Å². The second-order valence-electron chi connectivity index (χ2n) is 5.16. The minimum atomic E-state index is -0.522. The zero-order chi connectivity index (χ0) is 17.8. The zero-order valence-electron chi connectivity index (χ0n) is 12.9. The fraction of sp³-hybridized carbons (Fsp3) is 0. The van der Waals surface area contributed by atoms with Crippen LogP contribution in [0.2, 0.25) is 0 Å². The van der Waals surface area contributed by atoms with Crippen molar-refractivity contribution in [3.63, 3.8) is 0 Å². The van der Waals surface area contributed by atoms with Gasteiger partial charge in [0.2, 0.25) is 0 Å². The highest BCUT2D eigenvalue weighted by Gasteiger charge is 2.13. The lowest BCUT2D eigenvalue weighted by molar-refractivity contribution is -0.384. The molecule has 0 heterocycles. The predicted molar refractivity (Wildman–Crippen MR) is 92.5 cm³/mol. The molecule has 25 heavy (non-hydrogen) atoms. The number of nitrogens with zero attached hydrogens (tertiary/aromatic N) is 3. The van der Waals surface area contributed by atoms with E-state index in [9.17, 15) is 20.3 Å². The van der Waals surface area contributed by atoms with Gasteiger partial charge in [-0.2, -0.15) is 0 Å². The van der Waals surface area contributed by atoms with Crippen molar-refractivity contribution < 1.29 is 15.1 Å². The molecule has 0 radical (unpaired) electrons. The predicted octanol–water partition coefficient (Wildman–Crippen LogP) is 5.09. The van der Waals surface area contributed by atoms with E-state index in [1.54, 1.807) is 42.5 Å². The molecule has 0 aromatic heterocycles. The van der Waals surface area contributed by atoms with E-state index in [0.29, 0.717) is 16.8 Å². The van der Waals surface area contributed by atoms with Gasteiger partial charge in [-0.15, -0.1) is 10.2 Å². The number of azo groups is 1. The van der Waals surface area contributed by atoms with E-state index in [-0.39, 0.29) is 22.9 Å². The van der Waals surface area contributed by atoms with Gasteiger partial charge in [0.15, 0.2) is 5.69 Å². The molecule has 0 aliphatic carbocycles. The fourth-order valence-electron chi connectivity index (χ4n) is 2.35. The van der Waals surface area contributed by atoms with Crippen molar-refractivity contribution in [1.29, 1.82) is 0 Å². The Bertz CT molecular complexity index is 970. The largest absolute Gasteiger partial charge is 0.508 e. The maximum Gasteiger partial charge on any atom is 0.296 e. The van der Waals surface area contributed by atoms with Crippen LogP contribution in [0.4, 0.5) is 17.1 Å². The van der Waals surface area contributed by atoms with Crippen LogP contribution in [-0.4, -0.2) is 15.1 Å². The number of phenolic OH excluding ortho intramolecular Hbond substituents is 2. The summed E-state index contributed by atoms with van der Waals surface area (Å²) in [4.78, 5) is 10.5. The third kappa shape index (κ3) is 3.45. The molecule has 0 aliphatic rings. The Balaban J connectivity index is 2.04. The second kappa shape index (κ2) is 6.79. The number of rotatable bonds is 4. The molecule has 0 amide bonds. The fourth-order valence-corrected chi connectivity index (χ4v) is 2.35. The minimum absolute atomic E-state index is 0.0553. The number of nitro benzene ring substituents is 1. The van der Waals surface area contributed by atoms with Gasteiger partial charge in [-0.05, 0) is 24.3 Å². The molecule has 0 aliphatic heterocycles. The lowest BCUT2D eigenvalue weighted by atomic mass is 10.0. The van der Waals surface area contributed by atoms with Crippen molar-refractivity contribution in [2.75, 3.05) is 0 Å². The van der Waals surface area contributed by atoms with Gasteiger partial charge in [0.05, 0.1) is 10.6 Å². The van der Waals surface area contributed by atoms with Gasteiger partial charge in [-0.25, -0.2) is 0 Å². The highest BCUT2D eigenvalue weighted by molar-refractivity contribution is 5.80. The number of benzene rings is 3. The Morgan fingerprint density at radius 3 is 2.16 bits per heavy atom. The van der Waals surface area contributed by atoms with Gasteiger partial charge in [0.25, 0.3) is 5.69 Å². The Hall–Kier alpha value is -3.74. The molecule has 7 nitrogen and oxygen atoms in total. The topological polar surface area (TPSA) is 108 Å². The third-order valence-corrected chi connectivity index (χ3v) is 3.52. The summed E-state index contributed by atoms with van der Waals surface area (Å²) in [5, 5.41) is 38.6. The molecule has 0 bridgehead atoms. The number of hydrogen-bond acceptors (Lipinski definition) is 6. The van der Waals surface area contributed by atoms with Crippen molar-refractivity contribution in [3.05, 3.63) is 76.8 Å². The maximum absolute atomic E-state index is 11.0. The van der Waals surface area contributed by atoms with Crippen molar-refractivity contribution in [3.8, 4) is 22.6 Å². The summed E-state index contributed by atoms with van der Waals surface area (Å²) in [6.45, 7) is 0. The smallest absolute Gasteiger partial charge is 0.296 e. The summed E-state index contributed by atoms with van der Waals surface area (Å²) in [6.07, 6.45) is 0. The van der Waals surface area contributed by atoms with Gasteiger partial charge in [-0.3, -0.25) is 10.1 Å². The average Bonchev–Trinajstić information content (AvgIpc) is 2.60. The number of para-hydroxylation sites is 1. The quantitative estimate of drug-likeness (QED) is 0.393. The summed E-state index contributed by atoms with van der Waals surface area (Å²) < 4.78 is 0. The number of aromatic hydroxyl groups is 2. The van der Waals surface area contributed by atoms with Crippen molar-refractivity contribution >= 4 is 17.1 Å². The Morgan fingerprint density at radius 2 is 1.44 bits per heavy atom. The maximum atomic E-state index is 11.0. The van der Waals surface area contributed by atoms with Gasteiger partial charge in [0.1, 0.15) is 11.5 Å². The minimum Gasteiger partial charge on any atom is -0.508 e. The number of nitro groups is 1. The van der Waals surface area contributed by atoms with E-state index in [1.807, 2.05) is 0 Å². The third-order valence-electron chi connectivity index (χ3n) is 3.52. The Labute approximate surface area is 142 Å². The molecule has 0 fully saturated rings. The summed E-state index contributed by atoms with van der Waals surface area (Å²) in [6, 6.07) is 17.2. The van der Waals surface area contributed by atoms with E-state index in [4.69, 9.17) is 0 Å². The van der Waals surface area contributed by atoms with Crippen LogP contribution in [0.1, 0.15) is 0 Å². The highest BCUT2D eigenvalue weighted by Crippen LogP contribution is 2.38. The molecule has 0 atom stereocenters.